The van der Waals surface area contributed by atoms with Crippen molar-refractivity contribution in [2.45, 2.75) is 70.2 Å². The number of hydrogen-bond donors (Lipinski definition) is 0. The van der Waals surface area contributed by atoms with Crippen LogP contribution in [0.2, 0.25) is 0 Å². The number of ether oxygens (including phenoxy) is 3. The zero-order valence-electron chi connectivity index (χ0n) is 21.3. The number of benzene rings is 2. The molecule has 6 nitrogen and oxygen atoms in total. The van der Waals surface area contributed by atoms with Gasteiger partial charge in [-0.3, -0.25) is 4.90 Å². The van der Waals surface area contributed by atoms with Crippen LogP contribution < -0.4 is 9.64 Å². The predicted octanol–water partition coefficient (Wildman–Crippen LogP) is 6.41. The van der Waals surface area contributed by atoms with Gasteiger partial charge >= 0.3 is 12.3 Å². The lowest BCUT2D eigenvalue weighted by atomic mass is 9.89. The molecule has 0 saturated carbocycles. The molecular weight excluding hydrogens is 473 g/mol. The molecule has 1 unspecified atom stereocenters. The van der Waals surface area contributed by atoms with E-state index in [9.17, 15) is 18.0 Å². The smallest absolute Gasteiger partial charge is 0.418 e. The van der Waals surface area contributed by atoms with Crippen LogP contribution >= 0.6 is 0 Å². The average molecular weight is 507 g/mol. The van der Waals surface area contributed by atoms with Gasteiger partial charge in [0.15, 0.2) is 6.10 Å². The second-order valence-corrected chi connectivity index (χ2v) is 10.3. The summed E-state index contributed by atoms with van der Waals surface area (Å²) in [6, 6.07) is 12.2. The first-order valence-electron chi connectivity index (χ1n) is 12.1. The van der Waals surface area contributed by atoms with Gasteiger partial charge in [0.25, 0.3) is 0 Å². The zero-order chi connectivity index (χ0) is 26.3. The van der Waals surface area contributed by atoms with Crippen molar-refractivity contribution in [3.63, 3.8) is 0 Å². The van der Waals surface area contributed by atoms with Crippen LogP contribution in [0.5, 0.6) is 5.75 Å². The quantitative estimate of drug-likeness (QED) is 0.480. The highest BCUT2D eigenvalue weighted by atomic mass is 19.4. The van der Waals surface area contributed by atoms with Crippen LogP contribution in [0, 0.1) is 0 Å². The molecule has 2 heterocycles. The Kier molecular flexibility index (Phi) is 7.14. The molecule has 0 radical (unpaired) electrons. The maximum Gasteiger partial charge on any atom is 0.418 e. The first-order chi connectivity index (χ1) is 16.9. The third kappa shape index (κ3) is 5.26. The molecule has 196 valence electrons. The van der Waals surface area contributed by atoms with Gasteiger partial charge in [-0.15, -0.1) is 0 Å². The number of alkyl halides is 3. The highest BCUT2D eigenvalue weighted by molar-refractivity contribution is 5.70. The Morgan fingerprint density at radius 2 is 1.83 bits per heavy atom. The van der Waals surface area contributed by atoms with Crippen molar-refractivity contribution in [1.82, 2.24) is 4.90 Å². The Bertz CT molecular complexity index is 1080. The topological polar surface area (TPSA) is 51.2 Å². The molecule has 2 aromatic carbocycles. The molecule has 0 spiro atoms. The number of carbonyl (C=O) groups is 1. The molecule has 2 aromatic rings. The fraction of sp³-hybridized carbons (Fsp3) is 0.519. The maximum atomic E-state index is 13.6. The number of piperidine rings is 1. The minimum absolute atomic E-state index is 0.0984. The van der Waals surface area contributed by atoms with Gasteiger partial charge in [-0.1, -0.05) is 30.3 Å². The molecule has 9 heteroatoms. The summed E-state index contributed by atoms with van der Waals surface area (Å²) >= 11 is 0. The number of fused-ring (bicyclic) bond motifs is 1. The summed E-state index contributed by atoms with van der Waals surface area (Å²) in [5, 5.41) is 0. The average Bonchev–Trinajstić information content (AvgIpc) is 3.25. The van der Waals surface area contributed by atoms with Crippen molar-refractivity contribution in [2.24, 2.45) is 0 Å². The van der Waals surface area contributed by atoms with Gasteiger partial charge in [-0.05, 0) is 62.4 Å². The van der Waals surface area contributed by atoms with E-state index in [1.54, 1.807) is 11.0 Å². The van der Waals surface area contributed by atoms with Crippen molar-refractivity contribution < 1.29 is 32.2 Å². The van der Waals surface area contributed by atoms with E-state index < -0.39 is 24.0 Å². The summed E-state index contributed by atoms with van der Waals surface area (Å²) in [4.78, 5) is 16.9. The standard InChI is InChI=1S/C27H33F3N2O4/c1-26(2,3)36-25(33)32-13-9-12-20(23(32)17-10-7-6-8-11-17)31(4)21-15-19-18(14-22(21)34-5)16-35-24(19)27(28,29)30/h6-8,10-11,14-15,20,23-24H,9,12-13,16H2,1-5H3/t20-,23-,24?/m0/s1. The molecule has 1 fully saturated rings. The van der Waals surface area contributed by atoms with Gasteiger partial charge < -0.3 is 19.1 Å². The van der Waals surface area contributed by atoms with Gasteiger partial charge in [0.1, 0.15) is 11.4 Å². The van der Waals surface area contributed by atoms with E-state index >= 15 is 0 Å². The monoisotopic (exact) mass is 506 g/mol. The highest BCUT2D eigenvalue weighted by Gasteiger charge is 2.47. The van der Waals surface area contributed by atoms with Gasteiger partial charge in [0.05, 0.1) is 31.5 Å². The largest absolute Gasteiger partial charge is 0.495 e. The van der Waals surface area contributed by atoms with Crippen LogP contribution in [0.15, 0.2) is 42.5 Å². The van der Waals surface area contributed by atoms with Gasteiger partial charge in [-0.25, -0.2) is 4.79 Å². The number of likely N-dealkylation sites (tertiary alicyclic amines) is 1. The van der Waals surface area contributed by atoms with Crippen LogP contribution in [0.3, 0.4) is 0 Å². The summed E-state index contributed by atoms with van der Waals surface area (Å²) in [6.07, 6.45) is -5.45. The number of likely N-dealkylation sites (N-methyl/N-ethyl adjacent to an activating group) is 1. The lowest BCUT2D eigenvalue weighted by Gasteiger charge is -2.46. The minimum atomic E-state index is -4.51. The fourth-order valence-electron chi connectivity index (χ4n) is 5.11. The molecule has 1 saturated heterocycles. The van der Waals surface area contributed by atoms with Crippen molar-refractivity contribution in [3.8, 4) is 5.75 Å². The van der Waals surface area contributed by atoms with E-state index in [1.807, 2.05) is 63.1 Å². The number of carbonyl (C=O) groups excluding carboxylic acids is 1. The molecule has 36 heavy (non-hydrogen) atoms. The molecule has 1 amide bonds. The van der Waals surface area contributed by atoms with Gasteiger partial charge in [0, 0.05) is 13.6 Å². The molecule has 2 aliphatic heterocycles. The van der Waals surface area contributed by atoms with E-state index in [2.05, 4.69) is 0 Å². The molecule has 0 aliphatic carbocycles. The van der Waals surface area contributed by atoms with E-state index in [1.165, 1.54) is 13.2 Å². The lowest BCUT2D eigenvalue weighted by molar-refractivity contribution is -0.219. The lowest BCUT2D eigenvalue weighted by Crippen LogP contribution is -2.52. The molecule has 0 aromatic heterocycles. The third-order valence-corrected chi connectivity index (χ3v) is 6.67. The summed E-state index contributed by atoms with van der Waals surface area (Å²) in [7, 11) is 3.33. The van der Waals surface area contributed by atoms with Gasteiger partial charge in [-0.2, -0.15) is 13.2 Å². The number of anilines is 1. The second kappa shape index (κ2) is 9.84. The molecule has 3 atom stereocenters. The summed E-state index contributed by atoms with van der Waals surface area (Å²) in [5.74, 6) is 0.462. The third-order valence-electron chi connectivity index (χ3n) is 6.67. The van der Waals surface area contributed by atoms with E-state index in [0.29, 0.717) is 23.5 Å². The summed E-state index contributed by atoms with van der Waals surface area (Å²) in [6.45, 7) is 5.87. The summed E-state index contributed by atoms with van der Waals surface area (Å²) in [5.41, 5.74) is 1.35. The Balaban J connectivity index is 1.75. The Hall–Kier alpha value is -2.94. The van der Waals surface area contributed by atoms with E-state index in [-0.39, 0.29) is 24.3 Å². The van der Waals surface area contributed by atoms with Crippen molar-refractivity contribution in [3.05, 3.63) is 59.2 Å². The van der Waals surface area contributed by atoms with Crippen LogP contribution in [-0.4, -0.2) is 49.5 Å². The van der Waals surface area contributed by atoms with Crippen molar-refractivity contribution in [2.75, 3.05) is 25.6 Å². The van der Waals surface area contributed by atoms with Crippen molar-refractivity contribution >= 4 is 11.8 Å². The highest BCUT2D eigenvalue weighted by Crippen LogP contribution is 2.47. The SMILES string of the molecule is COc1cc2c(cc1N(C)[C@H]1CCCN(C(=O)OC(C)(C)C)[C@H]1c1ccccc1)C(C(F)(F)F)OC2. The normalized spacial score (nSPS) is 22.2. The predicted molar refractivity (Wildman–Crippen MR) is 130 cm³/mol. The number of hydrogen-bond acceptors (Lipinski definition) is 5. The number of rotatable bonds is 4. The van der Waals surface area contributed by atoms with Crippen LogP contribution in [0.1, 0.15) is 62.4 Å². The summed E-state index contributed by atoms with van der Waals surface area (Å²) < 4.78 is 57.3. The van der Waals surface area contributed by atoms with E-state index in [0.717, 1.165) is 18.4 Å². The number of methoxy groups -OCH3 is 1. The molecule has 0 bridgehead atoms. The second-order valence-electron chi connectivity index (χ2n) is 10.3. The van der Waals surface area contributed by atoms with Gasteiger partial charge in [0.2, 0.25) is 0 Å². The van der Waals surface area contributed by atoms with Crippen LogP contribution in [0.4, 0.5) is 23.7 Å². The first kappa shape index (κ1) is 26.1. The Labute approximate surface area is 209 Å². The number of nitrogens with zero attached hydrogens (tertiary/aromatic N) is 2. The molecule has 2 aliphatic rings. The van der Waals surface area contributed by atoms with Crippen molar-refractivity contribution in [1.29, 1.82) is 0 Å². The first-order valence-corrected chi connectivity index (χ1v) is 12.1. The molecule has 4 rings (SSSR count). The van der Waals surface area contributed by atoms with E-state index in [4.69, 9.17) is 14.2 Å². The molecule has 0 N–H and O–H groups in total. The minimum Gasteiger partial charge on any atom is -0.495 e. The number of amides is 1. The maximum absolute atomic E-state index is 13.6. The zero-order valence-corrected chi connectivity index (χ0v) is 21.3. The van der Waals surface area contributed by atoms with Crippen LogP contribution in [0.25, 0.3) is 0 Å². The fourth-order valence-corrected chi connectivity index (χ4v) is 5.11. The molecular formula is C27H33F3N2O4. The Morgan fingerprint density at radius 3 is 2.44 bits per heavy atom. The number of halogens is 3. The van der Waals surface area contributed by atoms with Crippen LogP contribution in [-0.2, 0) is 16.1 Å². The Morgan fingerprint density at radius 1 is 1.14 bits per heavy atom.